The highest BCUT2D eigenvalue weighted by atomic mass is 19.1. The molecule has 0 unspecified atom stereocenters. The zero-order valence-corrected chi connectivity index (χ0v) is 21.4. The smallest absolute Gasteiger partial charge is 0.292 e. The number of benzene rings is 2. The molecule has 2 saturated heterocycles. The van der Waals surface area contributed by atoms with Crippen LogP contribution in [0, 0.1) is 26.0 Å². The third kappa shape index (κ3) is 9.44. The van der Waals surface area contributed by atoms with Crippen LogP contribution in [0.1, 0.15) is 13.8 Å². The van der Waals surface area contributed by atoms with Crippen molar-refractivity contribution in [2.75, 3.05) is 81.8 Å². The van der Waals surface area contributed by atoms with E-state index < -0.39 is 15.7 Å². The summed E-state index contributed by atoms with van der Waals surface area (Å²) in [5.41, 5.74) is 11.6. The van der Waals surface area contributed by atoms with Crippen LogP contribution in [-0.4, -0.2) is 85.1 Å². The van der Waals surface area contributed by atoms with Crippen LogP contribution < -0.4 is 21.7 Å². The van der Waals surface area contributed by atoms with Gasteiger partial charge in [0.05, 0.1) is 9.85 Å². The number of rotatable bonds is 5. The maximum atomic E-state index is 12.3. The van der Waals surface area contributed by atoms with Gasteiger partial charge in [0, 0.05) is 76.2 Å². The summed E-state index contributed by atoms with van der Waals surface area (Å²) >= 11 is 0. The van der Waals surface area contributed by atoms with E-state index in [1.54, 1.807) is 12.1 Å². The predicted molar refractivity (Wildman–Crippen MR) is 144 cm³/mol. The van der Waals surface area contributed by atoms with Crippen LogP contribution in [-0.2, 0) is 0 Å². The summed E-state index contributed by atoms with van der Waals surface area (Å²) < 4.78 is 12.3. The van der Waals surface area contributed by atoms with Crippen molar-refractivity contribution in [3.8, 4) is 0 Å². The van der Waals surface area contributed by atoms with Crippen LogP contribution in [0.3, 0.4) is 0 Å². The van der Waals surface area contributed by atoms with Gasteiger partial charge in [-0.25, -0.2) is 4.39 Å². The predicted octanol–water partition coefficient (Wildman–Crippen LogP) is 2.55. The summed E-state index contributed by atoms with van der Waals surface area (Å²) in [4.78, 5) is 26.8. The summed E-state index contributed by atoms with van der Waals surface area (Å²) in [5, 5.41) is 24.1. The summed E-state index contributed by atoms with van der Waals surface area (Å²) in [7, 11) is 0. The second-order valence-electron chi connectivity index (χ2n) is 8.57. The van der Waals surface area contributed by atoms with Crippen LogP contribution in [0.5, 0.6) is 0 Å². The Morgan fingerprint density at radius 3 is 1.73 bits per heavy atom. The lowest BCUT2D eigenvalue weighted by atomic mass is 10.2. The molecule has 2 heterocycles. The van der Waals surface area contributed by atoms with Gasteiger partial charge in [-0.15, -0.1) is 0 Å². The van der Waals surface area contributed by atoms with Gasteiger partial charge in [0.1, 0.15) is 17.2 Å². The van der Waals surface area contributed by atoms with E-state index in [9.17, 15) is 24.6 Å². The molecule has 0 amide bonds. The molecule has 4 rings (SSSR count). The molecule has 5 N–H and O–H groups in total. The number of nitrogens with zero attached hydrogens (tertiary/aromatic N) is 5. The lowest BCUT2D eigenvalue weighted by molar-refractivity contribution is -0.384. The number of nitro groups is 2. The fourth-order valence-electron chi connectivity index (χ4n) is 3.95. The number of nitro benzene ring substituents is 2. The summed E-state index contributed by atoms with van der Waals surface area (Å²) in [5.74, 6) is -0.576. The Labute approximate surface area is 216 Å². The number of likely N-dealkylation sites (N-methyl/N-ethyl adjacent to an activating group) is 2. The molecule has 0 radical (unpaired) electrons. The topological polar surface area (TPSA) is 160 Å². The second-order valence-corrected chi connectivity index (χ2v) is 8.57. The van der Waals surface area contributed by atoms with Crippen molar-refractivity contribution in [3.05, 3.63) is 62.4 Å². The molecule has 2 aromatic rings. The molecular weight excluding hydrogens is 483 g/mol. The fourth-order valence-corrected chi connectivity index (χ4v) is 3.95. The van der Waals surface area contributed by atoms with Gasteiger partial charge in [-0.2, -0.15) is 0 Å². The fraction of sp³-hybridized carbons (Fsp3) is 0.500. The van der Waals surface area contributed by atoms with Crippen molar-refractivity contribution in [2.45, 2.75) is 13.8 Å². The average Bonchev–Trinajstić information content (AvgIpc) is 2.89. The van der Waals surface area contributed by atoms with Crippen molar-refractivity contribution in [1.29, 1.82) is 0 Å². The SMILES string of the molecule is CCN1CCN(c2ccc([N+](=O)[O-])c(N)c2)CC1.CCN1CCNCC1.Nc1cc(F)ccc1[N+](=O)[O-]. The first-order chi connectivity index (χ1) is 17.7. The van der Waals surface area contributed by atoms with Crippen molar-refractivity contribution >= 4 is 28.4 Å². The van der Waals surface area contributed by atoms with Gasteiger partial charge >= 0.3 is 0 Å². The number of piperazine rings is 2. The first-order valence-corrected chi connectivity index (χ1v) is 12.3. The Morgan fingerprint density at radius 1 is 0.811 bits per heavy atom. The Balaban J connectivity index is 0.000000215. The van der Waals surface area contributed by atoms with Crippen molar-refractivity contribution in [1.82, 2.24) is 15.1 Å². The van der Waals surface area contributed by atoms with Crippen LogP contribution in [0.15, 0.2) is 36.4 Å². The minimum atomic E-state index is -0.658. The van der Waals surface area contributed by atoms with E-state index in [0.717, 1.165) is 56.6 Å². The maximum Gasteiger partial charge on any atom is 0.292 e. The number of halogens is 1. The number of nitrogens with two attached hydrogens (primary N) is 2. The van der Waals surface area contributed by atoms with Gasteiger partial charge in [-0.3, -0.25) is 20.2 Å². The standard InChI is InChI=1S/C12H18N4O2.C6H5FN2O2.C6H14N2/c1-2-14-5-7-15(8-6-14)10-3-4-12(16(17)18)11(13)9-10;7-4-1-2-6(9(10)11)5(8)3-4;1-2-8-5-3-7-4-6-8/h3-4,9H,2,5-8,13H2,1H3;1-3H,8H2;7H,2-6H2,1H3. The molecule has 0 bridgehead atoms. The minimum Gasteiger partial charge on any atom is -0.393 e. The molecular formula is C24H37FN8O4. The largest absolute Gasteiger partial charge is 0.393 e. The van der Waals surface area contributed by atoms with Gasteiger partial charge < -0.3 is 31.5 Å². The van der Waals surface area contributed by atoms with E-state index >= 15 is 0 Å². The first-order valence-electron chi connectivity index (χ1n) is 12.3. The quantitative estimate of drug-likeness (QED) is 0.304. The molecule has 0 spiro atoms. The summed E-state index contributed by atoms with van der Waals surface area (Å²) in [6.07, 6.45) is 0. The van der Waals surface area contributed by atoms with E-state index in [1.165, 1.54) is 38.8 Å². The van der Waals surface area contributed by atoms with E-state index in [4.69, 9.17) is 11.5 Å². The summed E-state index contributed by atoms with van der Waals surface area (Å²) in [6, 6.07) is 7.89. The zero-order valence-electron chi connectivity index (χ0n) is 21.4. The maximum absolute atomic E-state index is 12.3. The molecule has 2 aliphatic heterocycles. The van der Waals surface area contributed by atoms with Crippen LogP contribution in [0.2, 0.25) is 0 Å². The molecule has 0 aromatic heterocycles. The molecule has 12 nitrogen and oxygen atoms in total. The number of nitrogen functional groups attached to an aromatic ring is 2. The second kappa shape index (κ2) is 14.9. The third-order valence-corrected chi connectivity index (χ3v) is 6.24. The van der Waals surface area contributed by atoms with Gasteiger partial charge in [0.25, 0.3) is 11.4 Å². The number of nitrogens with one attached hydrogen (secondary N) is 1. The van der Waals surface area contributed by atoms with Crippen molar-refractivity contribution in [2.24, 2.45) is 0 Å². The molecule has 2 aromatic carbocycles. The van der Waals surface area contributed by atoms with Gasteiger partial charge in [-0.1, -0.05) is 13.8 Å². The first kappa shape index (κ1) is 29.7. The van der Waals surface area contributed by atoms with Gasteiger partial charge in [-0.05, 0) is 31.3 Å². The molecule has 2 aliphatic rings. The summed E-state index contributed by atoms with van der Waals surface area (Å²) in [6.45, 7) is 15.4. The molecule has 0 aliphatic carbocycles. The van der Waals surface area contributed by atoms with Crippen LogP contribution >= 0.6 is 0 Å². The average molecular weight is 521 g/mol. The highest BCUT2D eigenvalue weighted by Gasteiger charge is 2.18. The van der Waals surface area contributed by atoms with Crippen LogP contribution in [0.25, 0.3) is 0 Å². The Bertz CT molecular complexity index is 1030. The van der Waals surface area contributed by atoms with E-state index in [-0.39, 0.29) is 22.7 Å². The third-order valence-electron chi connectivity index (χ3n) is 6.24. The monoisotopic (exact) mass is 520 g/mol. The molecule has 0 atom stereocenters. The Kier molecular flexibility index (Phi) is 11.9. The minimum absolute atomic E-state index is 0.0223. The number of hydrogen-bond donors (Lipinski definition) is 3. The normalized spacial score (nSPS) is 16.1. The number of hydrogen-bond acceptors (Lipinski definition) is 10. The van der Waals surface area contributed by atoms with E-state index in [0.29, 0.717) is 0 Å². The van der Waals surface area contributed by atoms with E-state index in [2.05, 4.69) is 33.9 Å². The number of anilines is 3. The Morgan fingerprint density at radius 2 is 1.30 bits per heavy atom. The molecule has 2 fully saturated rings. The molecule has 13 heteroatoms. The van der Waals surface area contributed by atoms with Crippen molar-refractivity contribution < 1.29 is 14.2 Å². The lowest BCUT2D eigenvalue weighted by Crippen LogP contribution is -2.46. The van der Waals surface area contributed by atoms with Gasteiger partial charge in [0.15, 0.2) is 0 Å². The lowest BCUT2D eigenvalue weighted by Gasteiger charge is -2.35. The zero-order chi connectivity index (χ0) is 27.4. The van der Waals surface area contributed by atoms with Crippen LogP contribution in [0.4, 0.5) is 32.8 Å². The van der Waals surface area contributed by atoms with Crippen molar-refractivity contribution in [3.63, 3.8) is 0 Å². The highest BCUT2D eigenvalue weighted by molar-refractivity contribution is 5.66. The molecule has 0 saturated carbocycles. The van der Waals surface area contributed by atoms with Gasteiger partial charge in [0.2, 0.25) is 0 Å². The molecule has 37 heavy (non-hydrogen) atoms. The Hall–Kier alpha value is -3.55. The van der Waals surface area contributed by atoms with E-state index in [1.807, 2.05) is 0 Å². The molecule has 204 valence electrons. The highest BCUT2D eigenvalue weighted by Crippen LogP contribution is 2.27.